The quantitative estimate of drug-likeness (QED) is 0.742. The van der Waals surface area contributed by atoms with Gasteiger partial charge in [0.1, 0.15) is 11.1 Å². The highest BCUT2D eigenvalue weighted by molar-refractivity contribution is 7.14. The zero-order valence-electron chi connectivity index (χ0n) is 15.3. The third kappa shape index (κ3) is 4.94. The molecule has 1 aromatic heterocycles. The number of nitriles is 1. The van der Waals surface area contributed by atoms with E-state index in [0.29, 0.717) is 17.0 Å². The number of rotatable bonds is 6. The van der Waals surface area contributed by atoms with E-state index < -0.39 is 0 Å². The molecule has 1 saturated heterocycles. The van der Waals surface area contributed by atoms with E-state index in [9.17, 15) is 9.59 Å². The van der Waals surface area contributed by atoms with Crippen LogP contribution in [0, 0.1) is 11.3 Å². The first kappa shape index (κ1) is 19.1. The number of ketones is 1. The lowest BCUT2D eigenvalue weighted by molar-refractivity contribution is -0.900. The fraction of sp³-hybridized carbons (Fsp3) is 0.350. The van der Waals surface area contributed by atoms with E-state index in [2.05, 4.69) is 16.3 Å². The molecule has 1 aliphatic heterocycles. The number of nitrogens with zero attached hydrogens (tertiary/aromatic N) is 2. The molecule has 140 valence electrons. The Morgan fingerprint density at radius 1 is 1.22 bits per heavy atom. The van der Waals surface area contributed by atoms with Gasteiger partial charge in [0.25, 0.3) is 0 Å². The average Bonchev–Trinajstić information content (AvgIpc) is 3.14. The van der Waals surface area contributed by atoms with Gasteiger partial charge in [-0.3, -0.25) is 9.59 Å². The fourth-order valence-corrected chi connectivity index (χ4v) is 3.97. The lowest BCUT2D eigenvalue weighted by Gasteiger charge is -2.33. The molecule has 0 atom stereocenters. The smallest absolute Gasteiger partial charge is 0.230 e. The van der Waals surface area contributed by atoms with Gasteiger partial charge in [-0.2, -0.15) is 5.26 Å². The highest BCUT2D eigenvalue weighted by Gasteiger charge is 2.21. The van der Waals surface area contributed by atoms with E-state index >= 15 is 0 Å². The molecule has 3 rings (SSSR count). The van der Waals surface area contributed by atoms with Gasteiger partial charge in [-0.25, -0.2) is 0 Å². The normalized spacial score (nSPS) is 14.6. The van der Waals surface area contributed by atoms with E-state index in [1.807, 2.05) is 29.6 Å². The van der Waals surface area contributed by atoms with Crippen LogP contribution >= 0.6 is 11.3 Å². The molecule has 0 saturated carbocycles. The van der Waals surface area contributed by atoms with Crippen LogP contribution in [0.4, 0.5) is 10.7 Å². The number of piperazine rings is 1. The van der Waals surface area contributed by atoms with E-state index in [-0.39, 0.29) is 11.7 Å². The minimum absolute atomic E-state index is 0.0382. The molecule has 0 bridgehead atoms. The molecule has 0 spiro atoms. The molecule has 0 radical (unpaired) electrons. The molecule has 1 aromatic carbocycles. The van der Waals surface area contributed by atoms with Crippen molar-refractivity contribution in [1.29, 1.82) is 5.26 Å². The largest absolute Gasteiger partial charge is 0.360 e. The molecule has 2 N–H and O–H groups in total. The summed E-state index contributed by atoms with van der Waals surface area (Å²) >= 11 is 1.38. The van der Waals surface area contributed by atoms with Crippen LogP contribution < -0.4 is 15.1 Å². The highest BCUT2D eigenvalue weighted by atomic mass is 32.1. The number of Topliss-reactive ketones (excluding diaryl/α,β-unsaturated/α-hetero) is 1. The van der Waals surface area contributed by atoms with E-state index in [0.717, 1.165) is 44.0 Å². The maximum Gasteiger partial charge on any atom is 0.230 e. The van der Waals surface area contributed by atoms with Crippen LogP contribution in [0.15, 0.2) is 35.7 Å². The number of carbonyl (C=O) groups is 2. The summed E-state index contributed by atoms with van der Waals surface area (Å²) in [4.78, 5) is 27.2. The summed E-state index contributed by atoms with van der Waals surface area (Å²) in [7, 11) is 0. The van der Waals surface area contributed by atoms with Gasteiger partial charge in [0.05, 0.1) is 44.7 Å². The molecule has 1 amide bonds. The van der Waals surface area contributed by atoms with Crippen molar-refractivity contribution in [3.8, 4) is 6.07 Å². The number of hydrogen-bond donors (Lipinski definition) is 2. The van der Waals surface area contributed by atoms with E-state index in [4.69, 9.17) is 5.26 Å². The van der Waals surface area contributed by atoms with Gasteiger partial charge in [0, 0.05) is 11.3 Å². The second-order valence-corrected chi connectivity index (χ2v) is 7.58. The van der Waals surface area contributed by atoms with Crippen molar-refractivity contribution in [3.63, 3.8) is 0 Å². The summed E-state index contributed by atoms with van der Waals surface area (Å²) in [5, 5.41) is 14.3. The Labute approximate surface area is 163 Å². The Bertz CT molecular complexity index is 846. The average molecular weight is 383 g/mol. The lowest BCUT2D eigenvalue weighted by atomic mass is 10.1. The maximum absolute atomic E-state index is 12.1. The molecule has 6 nitrogen and oxygen atoms in total. The fourth-order valence-electron chi connectivity index (χ4n) is 3.21. The Morgan fingerprint density at radius 3 is 2.56 bits per heavy atom. The third-order valence-corrected chi connectivity index (χ3v) is 5.68. The number of thiophene rings is 1. The van der Waals surface area contributed by atoms with Crippen LogP contribution in [0.3, 0.4) is 0 Å². The number of benzene rings is 1. The number of amides is 1. The van der Waals surface area contributed by atoms with Gasteiger partial charge < -0.3 is 15.1 Å². The van der Waals surface area contributed by atoms with Crippen molar-refractivity contribution < 1.29 is 14.5 Å². The molecule has 1 fully saturated rings. The zero-order valence-corrected chi connectivity index (χ0v) is 16.1. The number of carbonyl (C=O) groups excluding carboxylic acids is 2. The standard InChI is InChI=1S/C20H22N4O2S/c1-15(25)16-2-4-18(5-3-16)24-11-9-23(10-12-24)8-6-19(26)22-20-17(14-21)7-13-27-20/h2-5,7,13H,6,8-12H2,1H3,(H,22,26)/p+1. The van der Waals surface area contributed by atoms with Crippen LogP contribution in [0.2, 0.25) is 0 Å². The molecule has 1 aliphatic rings. The summed E-state index contributed by atoms with van der Waals surface area (Å²) in [5.74, 6) is 0.0437. The van der Waals surface area contributed by atoms with Gasteiger partial charge >= 0.3 is 0 Å². The lowest BCUT2D eigenvalue weighted by Crippen LogP contribution is -3.15. The predicted octanol–water partition coefficient (Wildman–Crippen LogP) is 1.56. The first-order valence-electron chi connectivity index (χ1n) is 9.04. The summed E-state index contributed by atoms with van der Waals surface area (Å²) in [5.41, 5.74) is 2.39. The first-order valence-corrected chi connectivity index (χ1v) is 9.91. The van der Waals surface area contributed by atoms with Crippen molar-refractivity contribution in [2.24, 2.45) is 0 Å². The monoisotopic (exact) mass is 383 g/mol. The minimum atomic E-state index is -0.0382. The van der Waals surface area contributed by atoms with Crippen LogP contribution in [0.25, 0.3) is 0 Å². The summed E-state index contributed by atoms with van der Waals surface area (Å²) in [6.45, 7) is 6.18. The third-order valence-electron chi connectivity index (χ3n) is 4.85. The van der Waals surface area contributed by atoms with Gasteiger partial charge in [-0.15, -0.1) is 11.3 Å². The molecule has 0 aliphatic carbocycles. The van der Waals surface area contributed by atoms with Crippen molar-refractivity contribution in [2.45, 2.75) is 13.3 Å². The van der Waals surface area contributed by atoms with Crippen LogP contribution in [0.5, 0.6) is 0 Å². The Hall–Kier alpha value is -2.69. The Morgan fingerprint density at radius 2 is 1.93 bits per heavy atom. The van der Waals surface area contributed by atoms with Crippen molar-refractivity contribution in [3.05, 3.63) is 46.8 Å². The first-order chi connectivity index (χ1) is 13.1. The van der Waals surface area contributed by atoms with Crippen LogP contribution in [0.1, 0.15) is 29.3 Å². The van der Waals surface area contributed by atoms with Crippen molar-refractivity contribution in [2.75, 3.05) is 42.9 Å². The predicted molar refractivity (Wildman–Crippen MR) is 107 cm³/mol. The molecular weight excluding hydrogens is 360 g/mol. The summed E-state index contributed by atoms with van der Waals surface area (Å²) in [6.07, 6.45) is 0.450. The summed E-state index contributed by atoms with van der Waals surface area (Å²) in [6, 6.07) is 11.6. The number of nitrogens with one attached hydrogen (secondary N) is 2. The van der Waals surface area contributed by atoms with Gasteiger partial charge in [0.15, 0.2) is 5.78 Å². The second-order valence-electron chi connectivity index (χ2n) is 6.66. The number of quaternary nitrogens is 1. The van der Waals surface area contributed by atoms with Crippen LogP contribution in [-0.4, -0.2) is 44.4 Å². The van der Waals surface area contributed by atoms with Crippen molar-refractivity contribution >= 4 is 33.7 Å². The van der Waals surface area contributed by atoms with Gasteiger partial charge in [-0.1, -0.05) is 0 Å². The zero-order chi connectivity index (χ0) is 19.2. The molecule has 2 aromatic rings. The van der Waals surface area contributed by atoms with Gasteiger partial charge in [-0.05, 0) is 42.6 Å². The van der Waals surface area contributed by atoms with Gasteiger partial charge in [0.2, 0.25) is 5.91 Å². The SMILES string of the molecule is CC(=O)c1ccc(N2CC[NH+](CCC(=O)Nc3sccc3C#N)CC2)cc1. The van der Waals surface area contributed by atoms with Crippen molar-refractivity contribution in [1.82, 2.24) is 0 Å². The molecule has 7 heteroatoms. The highest BCUT2D eigenvalue weighted by Crippen LogP contribution is 2.22. The number of hydrogen-bond acceptors (Lipinski definition) is 5. The summed E-state index contributed by atoms with van der Waals surface area (Å²) < 4.78 is 0. The second kappa shape index (κ2) is 8.80. The topological polar surface area (TPSA) is 77.6 Å². The van der Waals surface area contributed by atoms with E-state index in [1.165, 1.54) is 16.2 Å². The Balaban J connectivity index is 1.43. The molecule has 2 heterocycles. The van der Waals surface area contributed by atoms with Crippen LogP contribution in [-0.2, 0) is 4.79 Å². The molecule has 0 unspecified atom stereocenters. The minimum Gasteiger partial charge on any atom is -0.360 e. The Kier molecular flexibility index (Phi) is 6.22. The maximum atomic E-state index is 12.1. The van der Waals surface area contributed by atoms with E-state index in [1.54, 1.807) is 13.0 Å². The molecule has 27 heavy (non-hydrogen) atoms. The number of anilines is 2. The molecular formula is C20H23N4O2S+.